The Kier molecular flexibility index (Phi) is 8.88. The molecule has 144 valence electrons. The summed E-state index contributed by atoms with van der Waals surface area (Å²) in [5.74, 6) is 1.11. The third-order valence-electron chi connectivity index (χ3n) is 4.20. The summed E-state index contributed by atoms with van der Waals surface area (Å²) in [5.41, 5.74) is 2.24. The van der Waals surface area contributed by atoms with Gasteiger partial charge in [-0.25, -0.2) is 4.98 Å². The summed E-state index contributed by atoms with van der Waals surface area (Å²) in [6.07, 6.45) is 10.8. The maximum absolute atomic E-state index is 5.96. The highest BCUT2D eigenvalue weighted by atomic mass is 32.2. The molecule has 0 spiro atoms. The van der Waals surface area contributed by atoms with E-state index in [1.165, 1.54) is 31.7 Å². The number of ether oxygens (including phenoxy) is 1. The number of pyridine rings is 1. The Morgan fingerprint density at radius 1 is 1.19 bits per heavy atom. The molecule has 6 heteroatoms. The lowest BCUT2D eigenvalue weighted by atomic mass is 10.2. The van der Waals surface area contributed by atoms with E-state index in [2.05, 4.69) is 47.2 Å². The van der Waals surface area contributed by atoms with Crippen LogP contribution in [0.25, 0.3) is 11.3 Å². The van der Waals surface area contributed by atoms with E-state index in [1.54, 1.807) is 0 Å². The van der Waals surface area contributed by atoms with Crippen molar-refractivity contribution in [2.24, 2.45) is 0 Å². The number of rotatable bonds is 12. The molecule has 26 heavy (non-hydrogen) atoms. The standard InChI is InChI=1S/C20H33N3OSSi/c1-5-6-7-8-13-25-20-19(18-10-9-11-21-15-18)23(16-22-20)17-24-12-14-26(2,3)4/h9-11,15-16H,5-8,12-14,17H2,1-4H3. The predicted molar refractivity (Wildman–Crippen MR) is 114 cm³/mol. The first-order chi connectivity index (χ1) is 12.5. The molecule has 0 saturated carbocycles. The van der Waals surface area contributed by atoms with Crippen LogP contribution in [0.15, 0.2) is 35.9 Å². The lowest BCUT2D eigenvalue weighted by Crippen LogP contribution is -2.22. The van der Waals surface area contributed by atoms with Crippen LogP contribution in [0.3, 0.4) is 0 Å². The third kappa shape index (κ3) is 7.25. The van der Waals surface area contributed by atoms with Crippen molar-refractivity contribution >= 4 is 19.8 Å². The second kappa shape index (κ2) is 10.9. The normalized spacial score (nSPS) is 11.8. The molecule has 0 aliphatic carbocycles. The molecule has 2 aromatic rings. The average molecular weight is 392 g/mol. The fourth-order valence-electron chi connectivity index (χ4n) is 2.60. The summed E-state index contributed by atoms with van der Waals surface area (Å²) < 4.78 is 8.08. The monoisotopic (exact) mass is 391 g/mol. The second-order valence-electron chi connectivity index (χ2n) is 7.87. The van der Waals surface area contributed by atoms with Gasteiger partial charge in [0.05, 0.1) is 12.0 Å². The van der Waals surface area contributed by atoms with Gasteiger partial charge in [0.15, 0.2) is 0 Å². The summed E-state index contributed by atoms with van der Waals surface area (Å²) in [6, 6.07) is 5.26. The second-order valence-corrected chi connectivity index (χ2v) is 14.6. The van der Waals surface area contributed by atoms with Gasteiger partial charge in [0.2, 0.25) is 0 Å². The van der Waals surface area contributed by atoms with Crippen molar-refractivity contribution in [1.29, 1.82) is 0 Å². The Bertz CT molecular complexity index is 640. The minimum absolute atomic E-state index is 0.554. The van der Waals surface area contributed by atoms with Crippen LogP contribution in [0.1, 0.15) is 32.6 Å². The predicted octanol–water partition coefficient (Wildman–Crippen LogP) is 5.93. The number of nitrogens with zero attached hydrogens (tertiary/aromatic N) is 3. The van der Waals surface area contributed by atoms with Crippen LogP contribution in [0, 0.1) is 0 Å². The molecule has 2 rings (SSSR count). The smallest absolute Gasteiger partial charge is 0.124 e. The number of aromatic nitrogens is 3. The molecule has 0 bridgehead atoms. The maximum Gasteiger partial charge on any atom is 0.124 e. The van der Waals surface area contributed by atoms with Crippen molar-refractivity contribution in [1.82, 2.24) is 14.5 Å². The van der Waals surface area contributed by atoms with Crippen LogP contribution in [-0.2, 0) is 11.5 Å². The average Bonchev–Trinajstić information content (AvgIpc) is 3.01. The van der Waals surface area contributed by atoms with Gasteiger partial charge in [-0.3, -0.25) is 4.98 Å². The van der Waals surface area contributed by atoms with Crippen LogP contribution >= 0.6 is 11.8 Å². The van der Waals surface area contributed by atoms with Gasteiger partial charge in [0.1, 0.15) is 11.8 Å². The number of hydrogen-bond acceptors (Lipinski definition) is 4. The Labute approximate surface area is 163 Å². The van der Waals surface area contributed by atoms with Crippen LogP contribution < -0.4 is 0 Å². The van der Waals surface area contributed by atoms with Gasteiger partial charge >= 0.3 is 0 Å². The highest BCUT2D eigenvalue weighted by Gasteiger charge is 2.15. The van der Waals surface area contributed by atoms with Gasteiger partial charge in [-0.15, -0.1) is 11.8 Å². The van der Waals surface area contributed by atoms with Crippen molar-refractivity contribution < 1.29 is 4.74 Å². The number of imidazole rings is 1. The van der Waals surface area contributed by atoms with Crippen LogP contribution in [0.4, 0.5) is 0 Å². The molecule has 4 nitrogen and oxygen atoms in total. The molecule has 0 fully saturated rings. The summed E-state index contributed by atoms with van der Waals surface area (Å²) in [6.45, 7) is 10.8. The Balaban J connectivity index is 2.02. The highest BCUT2D eigenvalue weighted by Crippen LogP contribution is 2.31. The topological polar surface area (TPSA) is 39.9 Å². The molecule has 0 unspecified atom stereocenters. The number of hydrogen-bond donors (Lipinski definition) is 0. The maximum atomic E-state index is 5.96. The van der Waals surface area contributed by atoms with Gasteiger partial charge in [0, 0.05) is 32.6 Å². The fraction of sp³-hybridized carbons (Fsp3) is 0.600. The van der Waals surface area contributed by atoms with E-state index < -0.39 is 8.07 Å². The van der Waals surface area contributed by atoms with E-state index >= 15 is 0 Å². The lowest BCUT2D eigenvalue weighted by molar-refractivity contribution is 0.0881. The van der Waals surface area contributed by atoms with Crippen molar-refractivity contribution in [3.8, 4) is 11.3 Å². The Morgan fingerprint density at radius 2 is 2.04 bits per heavy atom. The zero-order chi connectivity index (χ0) is 18.8. The van der Waals surface area contributed by atoms with Gasteiger partial charge in [-0.05, 0) is 30.4 Å². The van der Waals surface area contributed by atoms with Gasteiger partial charge in [0.25, 0.3) is 0 Å². The van der Waals surface area contributed by atoms with Crippen molar-refractivity contribution in [2.75, 3.05) is 12.4 Å². The summed E-state index contributed by atoms with van der Waals surface area (Å²) in [7, 11) is -1.06. The van der Waals surface area contributed by atoms with Gasteiger partial charge in [-0.2, -0.15) is 0 Å². The van der Waals surface area contributed by atoms with Gasteiger partial charge in [-0.1, -0.05) is 45.8 Å². The van der Waals surface area contributed by atoms with Crippen LogP contribution in [0.5, 0.6) is 0 Å². The first-order valence-corrected chi connectivity index (χ1v) is 14.4. The zero-order valence-electron chi connectivity index (χ0n) is 16.7. The largest absolute Gasteiger partial charge is 0.361 e. The summed E-state index contributed by atoms with van der Waals surface area (Å²) in [4.78, 5) is 8.95. The fourth-order valence-corrected chi connectivity index (χ4v) is 4.39. The molecule has 0 amide bonds. The van der Waals surface area contributed by atoms with Crippen LogP contribution in [0.2, 0.25) is 25.7 Å². The highest BCUT2D eigenvalue weighted by molar-refractivity contribution is 7.99. The van der Waals surface area contributed by atoms with Crippen LogP contribution in [-0.4, -0.2) is 35.0 Å². The molecule has 0 N–H and O–H groups in total. The number of unbranched alkanes of at least 4 members (excludes halogenated alkanes) is 3. The molecule has 0 atom stereocenters. The van der Waals surface area contributed by atoms with E-state index in [9.17, 15) is 0 Å². The van der Waals surface area contributed by atoms with E-state index in [0.717, 1.165) is 28.6 Å². The van der Waals surface area contributed by atoms with E-state index in [0.29, 0.717) is 6.73 Å². The summed E-state index contributed by atoms with van der Waals surface area (Å²) >= 11 is 1.85. The van der Waals surface area contributed by atoms with Crippen molar-refractivity contribution in [2.45, 2.75) is 70.0 Å². The van der Waals surface area contributed by atoms with E-state index in [-0.39, 0.29) is 0 Å². The molecule has 0 aromatic carbocycles. The minimum Gasteiger partial charge on any atom is -0.361 e. The Morgan fingerprint density at radius 3 is 2.73 bits per heavy atom. The molecule has 2 aromatic heterocycles. The molecule has 0 aliphatic heterocycles. The van der Waals surface area contributed by atoms with Crippen molar-refractivity contribution in [3.05, 3.63) is 30.9 Å². The first kappa shape index (κ1) is 21.2. The molecular formula is C20H33N3OSSi. The third-order valence-corrected chi connectivity index (χ3v) is 6.97. The zero-order valence-corrected chi connectivity index (χ0v) is 18.5. The molecule has 0 saturated heterocycles. The lowest BCUT2D eigenvalue weighted by Gasteiger charge is -2.16. The SMILES string of the molecule is CCCCCCSc1ncn(COCC[Si](C)(C)C)c1-c1cccnc1. The van der Waals surface area contributed by atoms with E-state index in [4.69, 9.17) is 4.74 Å². The molecule has 2 heterocycles. The first-order valence-electron chi connectivity index (χ1n) is 9.67. The Hall–Kier alpha value is -1.11. The molecular weight excluding hydrogens is 358 g/mol. The molecule has 0 radical (unpaired) electrons. The molecule has 0 aliphatic rings. The number of thioether (sulfide) groups is 1. The summed E-state index contributed by atoms with van der Waals surface area (Å²) in [5, 5.41) is 1.09. The van der Waals surface area contributed by atoms with Crippen molar-refractivity contribution in [3.63, 3.8) is 0 Å². The minimum atomic E-state index is -1.06. The quantitative estimate of drug-likeness (QED) is 0.255. The van der Waals surface area contributed by atoms with Gasteiger partial charge < -0.3 is 9.30 Å². The van der Waals surface area contributed by atoms with E-state index in [1.807, 2.05) is 36.5 Å².